The normalized spacial score (nSPS) is 10.7. The minimum atomic E-state index is 0.915. The van der Waals surface area contributed by atoms with Crippen LogP contribution in [0, 0.1) is 13.8 Å². The number of rotatable bonds is 5. The fraction of sp³-hybridized carbons (Fsp3) is 0.357. The Kier molecular flexibility index (Phi) is 3.94. The van der Waals surface area contributed by atoms with Gasteiger partial charge in [-0.1, -0.05) is 23.8 Å². The topological polar surface area (TPSA) is 29.9 Å². The third-order valence-electron chi connectivity index (χ3n) is 2.90. The van der Waals surface area contributed by atoms with E-state index in [1.807, 2.05) is 23.1 Å². The Morgan fingerprint density at radius 2 is 2.18 bits per heavy atom. The summed E-state index contributed by atoms with van der Waals surface area (Å²) in [6, 6.07) is 8.53. The summed E-state index contributed by atoms with van der Waals surface area (Å²) in [5.74, 6) is 0. The van der Waals surface area contributed by atoms with E-state index in [9.17, 15) is 0 Å². The molecule has 0 spiro atoms. The summed E-state index contributed by atoms with van der Waals surface area (Å²) >= 11 is 0. The molecule has 3 heteroatoms. The summed E-state index contributed by atoms with van der Waals surface area (Å²) in [5, 5.41) is 7.62. The van der Waals surface area contributed by atoms with Crippen molar-refractivity contribution in [1.82, 2.24) is 15.1 Å². The minimum Gasteiger partial charge on any atom is -0.311 e. The van der Waals surface area contributed by atoms with Gasteiger partial charge in [-0.3, -0.25) is 4.68 Å². The van der Waals surface area contributed by atoms with Crippen LogP contribution in [0.5, 0.6) is 0 Å². The third-order valence-corrected chi connectivity index (χ3v) is 2.90. The summed E-state index contributed by atoms with van der Waals surface area (Å²) in [7, 11) is 0. The van der Waals surface area contributed by atoms with Gasteiger partial charge in [-0.05, 0) is 31.0 Å². The fourth-order valence-electron chi connectivity index (χ4n) is 1.84. The maximum absolute atomic E-state index is 4.17. The second kappa shape index (κ2) is 5.64. The van der Waals surface area contributed by atoms with E-state index in [0.717, 1.165) is 19.6 Å². The van der Waals surface area contributed by atoms with Crippen LogP contribution < -0.4 is 5.32 Å². The van der Waals surface area contributed by atoms with Crippen molar-refractivity contribution in [2.24, 2.45) is 0 Å². The first-order chi connectivity index (χ1) is 8.25. The predicted octanol–water partition coefficient (Wildman–Crippen LogP) is 2.29. The average Bonchev–Trinajstić information content (AvgIpc) is 2.82. The fourth-order valence-corrected chi connectivity index (χ4v) is 1.84. The van der Waals surface area contributed by atoms with Crippen molar-refractivity contribution in [2.45, 2.75) is 26.9 Å². The first-order valence-corrected chi connectivity index (χ1v) is 6.00. The van der Waals surface area contributed by atoms with Gasteiger partial charge in [0.25, 0.3) is 0 Å². The number of aryl methyl sites for hydroxylation is 2. The van der Waals surface area contributed by atoms with Crippen LogP contribution in [0.15, 0.2) is 36.7 Å². The van der Waals surface area contributed by atoms with Crippen LogP contribution in [0.1, 0.15) is 16.7 Å². The van der Waals surface area contributed by atoms with Gasteiger partial charge >= 0.3 is 0 Å². The molecule has 0 aliphatic rings. The molecule has 3 nitrogen and oxygen atoms in total. The van der Waals surface area contributed by atoms with Crippen LogP contribution >= 0.6 is 0 Å². The van der Waals surface area contributed by atoms with Crippen molar-refractivity contribution < 1.29 is 0 Å². The van der Waals surface area contributed by atoms with E-state index in [-0.39, 0.29) is 0 Å². The predicted molar refractivity (Wildman–Crippen MR) is 69.8 cm³/mol. The van der Waals surface area contributed by atoms with E-state index in [4.69, 9.17) is 0 Å². The smallest absolute Gasteiger partial charge is 0.0534 e. The second-order valence-electron chi connectivity index (χ2n) is 4.38. The van der Waals surface area contributed by atoms with E-state index < -0.39 is 0 Å². The Morgan fingerprint density at radius 3 is 2.94 bits per heavy atom. The quantitative estimate of drug-likeness (QED) is 0.797. The van der Waals surface area contributed by atoms with Gasteiger partial charge in [-0.25, -0.2) is 0 Å². The molecule has 0 aliphatic heterocycles. The average molecular weight is 229 g/mol. The maximum atomic E-state index is 4.17. The number of hydrogen-bond acceptors (Lipinski definition) is 2. The minimum absolute atomic E-state index is 0.915. The van der Waals surface area contributed by atoms with Crippen molar-refractivity contribution in [2.75, 3.05) is 6.54 Å². The SMILES string of the molecule is Cc1ccc(C)c(CNCCn2cccn2)c1. The molecule has 0 radical (unpaired) electrons. The molecule has 0 bridgehead atoms. The van der Waals surface area contributed by atoms with Crippen LogP contribution in [0.2, 0.25) is 0 Å². The largest absolute Gasteiger partial charge is 0.311 e. The van der Waals surface area contributed by atoms with Gasteiger partial charge in [0.05, 0.1) is 6.54 Å². The number of benzene rings is 1. The zero-order chi connectivity index (χ0) is 12.1. The summed E-state index contributed by atoms with van der Waals surface area (Å²) in [6.45, 7) is 7.07. The summed E-state index contributed by atoms with van der Waals surface area (Å²) in [4.78, 5) is 0. The highest BCUT2D eigenvalue weighted by Gasteiger charge is 1.98. The molecule has 0 atom stereocenters. The van der Waals surface area contributed by atoms with Crippen LogP contribution in [-0.2, 0) is 13.1 Å². The molecule has 0 saturated heterocycles. The molecular weight excluding hydrogens is 210 g/mol. The molecule has 2 rings (SSSR count). The van der Waals surface area contributed by atoms with Gasteiger partial charge in [0.2, 0.25) is 0 Å². The van der Waals surface area contributed by atoms with Crippen molar-refractivity contribution in [3.8, 4) is 0 Å². The highest BCUT2D eigenvalue weighted by Crippen LogP contribution is 2.09. The Bertz CT molecular complexity index is 460. The number of nitrogens with one attached hydrogen (secondary N) is 1. The van der Waals surface area contributed by atoms with Gasteiger partial charge < -0.3 is 5.32 Å². The Balaban J connectivity index is 1.80. The first-order valence-electron chi connectivity index (χ1n) is 6.00. The van der Waals surface area contributed by atoms with Crippen molar-refractivity contribution in [3.05, 3.63) is 53.3 Å². The zero-order valence-corrected chi connectivity index (χ0v) is 10.5. The van der Waals surface area contributed by atoms with Crippen molar-refractivity contribution >= 4 is 0 Å². The van der Waals surface area contributed by atoms with Crippen LogP contribution in [0.4, 0.5) is 0 Å². The highest BCUT2D eigenvalue weighted by molar-refractivity contribution is 5.30. The molecule has 2 aromatic rings. The van der Waals surface area contributed by atoms with Gasteiger partial charge in [0.1, 0.15) is 0 Å². The van der Waals surface area contributed by atoms with Crippen molar-refractivity contribution in [3.63, 3.8) is 0 Å². The summed E-state index contributed by atoms with van der Waals surface area (Å²) < 4.78 is 1.94. The molecule has 0 aliphatic carbocycles. The van der Waals surface area contributed by atoms with Gasteiger partial charge in [0, 0.05) is 25.5 Å². The molecular formula is C14H19N3. The molecule has 0 unspecified atom stereocenters. The number of aromatic nitrogens is 2. The molecule has 1 aromatic heterocycles. The van der Waals surface area contributed by atoms with Gasteiger partial charge in [0.15, 0.2) is 0 Å². The van der Waals surface area contributed by atoms with E-state index >= 15 is 0 Å². The molecule has 1 N–H and O–H groups in total. The monoisotopic (exact) mass is 229 g/mol. The summed E-state index contributed by atoms with van der Waals surface area (Å²) in [6.07, 6.45) is 3.80. The molecule has 1 aromatic carbocycles. The van der Waals surface area contributed by atoms with E-state index in [1.54, 1.807) is 0 Å². The standard InChI is InChI=1S/C14H19N3/c1-12-4-5-13(2)14(10-12)11-15-7-9-17-8-3-6-16-17/h3-6,8,10,15H,7,9,11H2,1-2H3. The van der Waals surface area contributed by atoms with Gasteiger partial charge in [-0.15, -0.1) is 0 Å². The summed E-state index contributed by atoms with van der Waals surface area (Å²) in [5.41, 5.74) is 4.05. The lowest BCUT2D eigenvalue weighted by molar-refractivity contribution is 0.554. The molecule has 0 amide bonds. The second-order valence-corrected chi connectivity index (χ2v) is 4.38. The van der Waals surface area contributed by atoms with Gasteiger partial charge in [-0.2, -0.15) is 5.10 Å². The lowest BCUT2D eigenvalue weighted by Crippen LogP contribution is -2.20. The third kappa shape index (κ3) is 3.43. The van der Waals surface area contributed by atoms with Crippen LogP contribution in [-0.4, -0.2) is 16.3 Å². The van der Waals surface area contributed by atoms with Crippen LogP contribution in [0.25, 0.3) is 0 Å². The highest BCUT2D eigenvalue weighted by atomic mass is 15.3. The van der Waals surface area contributed by atoms with E-state index in [2.05, 4.69) is 42.5 Å². The molecule has 90 valence electrons. The molecule has 0 fully saturated rings. The Labute approximate surface area is 102 Å². The Morgan fingerprint density at radius 1 is 1.29 bits per heavy atom. The van der Waals surface area contributed by atoms with E-state index in [0.29, 0.717) is 0 Å². The maximum Gasteiger partial charge on any atom is 0.0534 e. The first kappa shape index (κ1) is 11.9. The molecule has 17 heavy (non-hydrogen) atoms. The Hall–Kier alpha value is -1.61. The lowest BCUT2D eigenvalue weighted by Gasteiger charge is -2.09. The van der Waals surface area contributed by atoms with Crippen molar-refractivity contribution in [1.29, 1.82) is 0 Å². The lowest BCUT2D eigenvalue weighted by atomic mass is 10.1. The van der Waals surface area contributed by atoms with Crippen LogP contribution in [0.3, 0.4) is 0 Å². The zero-order valence-electron chi connectivity index (χ0n) is 10.5. The van der Waals surface area contributed by atoms with E-state index in [1.165, 1.54) is 16.7 Å². The molecule has 1 heterocycles. The molecule has 0 saturated carbocycles. The number of nitrogens with zero attached hydrogens (tertiary/aromatic N) is 2. The number of hydrogen-bond donors (Lipinski definition) is 1.